The second-order valence-electron chi connectivity index (χ2n) is 4.96. The van der Waals surface area contributed by atoms with Gasteiger partial charge >= 0.3 is 13.0 Å². The summed E-state index contributed by atoms with van der Waals surface area (Å²) in [5, 5.41) is 3.97. The van der Waals surface area contributed by atoms with Crippen LogP contribution in [0.4, 0.5) is 13.2 Å². The van der Waals surface area contributed by atoms with Crippen molar-refractivity contribution in [3.05, 3.63) is 42.2 Å². The Morgan fingerprint density at radius 3 is 2.72 bits per heavy atom. The molecule has 10 heteroatoms. The molecule has 25 heavy (non-hydrogen) atoms. The van der Waals surface area contributed by atoms with Gasteiger partial charge in [-0.1, -0.05) is 13.0 Å². The molecule has 0 bridgehead atoms. The minimum atomic E-state index is -4.44. The third-order valence-corrected chi connectivity index (χ3v) is 6.91. The van der Waals surface area contributed by atoms with Gasteiger partial charge in [-0.15, -0.1) is 0 Å². The first-order valence-electron chi connectivity index (χ1n) is 7.58. The Balaban J connectivity index is 2.20. The molecule has 0 fully saturated rings. The van der Waals surface area contributed by atoms with E-state index < -0.39 is 18.5 Å². The van der Waals surface area contributed by atoms with E-state index in [0.717, 1.165) is 29.9 Å². The van der Waals surface area contributed by atoms with Crippen molar-refractivity contribution in [2.45, 2.75) is 26.4 Å². The van der Waals surface area contributed by atoms with Crippen LogP contribution in [-0.4, -0.2) is 22.1 Å². The van der Waals surface area contributed by atoms with Crippen LogP contribution in [0.25, 0.3) is 5.69 Å². The van der Waals surface area contributed by atoms with Gasteiger partial charge in [0.05, 0.1) is 30.3 Å². The molecule has 0 amide bonds. The molecule has 1 heterocycles. The van der Waals surface area contributed by atoms with Crippen molar-refractivity contribution in [1.29, 1.82) is 0 Å². The molecule has 1 aromatic heterocycles. The van der Waals surface area contributed by atoms with Crippen LogP contribution in [0.3, 0.4) is 0 Å². The predicted octanol–water partition coefficient (Wildman–Crippen LogP) is 5.56. The van der Waals surface area contributed by atoms with Gasteiger partial charge in [-0.05, 0) is 42.9 Å². The van der Waals surface area contributed by atoms with Crippen LogP contribution in [0.2, 0.25) is 0 Å². The lowest BCUT2D eigenvalue weighted by Gasteiger charge is -2.16. The zero-order valence-electron chi connectivity index (χ0n) is 13.7. The van der Waals surface area contributed by atoms with E-state index in [9.17, 15) is 17.7 Å². The first kappa shape index (κ1) is 19.9. The van der Waals surface area contributed by atoms with Crippen molar-refractivity contribution in [2.75, 3.05) is 12.4 Å². The number of rotatable bonds is 8. The van der Waals surface area contributed by atoms with Crippen molar-refractivity contribution in [1.82, 2.24) is 9.78 Å². The van der Waals surface area contributed by atoms with Crippen LogP contribution in [-0.2, 0) is 15.3 Å². The summed E-state index contributed by atoms with van der Waals surface area (Å²) in [6.07, 6.45) is -0.982. The molecular formula is C15H18F3N2O3PS. The molecule has 0 aliphatic rings. The van der Waals surface area contributed by atoms with Crippen molar-refractivity contribution >= 4 is 18.2 Å². The Bertz CT molecular complexity index is 752. The van der Waals surface area contributed by atoms with Gasteiger partial charge in [-0.2, -0.15) is 18.3 Å². The van der Waals surface area contributed by atoms with E-state index in [-0.39, 0.29) is 18.0 Å². The normalized spacial score (nSPS) is 14.3. The average Bonchev–Trinajstić information content (AvgIpc) is 3.01. The van der Waals surface area contributed by atoms with Gasteiger partial charge in [-0.25, -0.2) is 9.25 Å². The van der Waals surface area contributed by atoms with Crippen LogP contribution >= 0.6 is 18.2 Å². The van der Waals surface area contributed by atoms with Gasteiger partial charge in [-0.3, -0.25) is 4.52 Å². The van der Waals surface area contributed by atoms with Gasteiger partial charge in [0.25, 0.3) is 0 Å². The van der Waals surface area contributed by atoms with E-state index in [4.69, 9.17) is 9.05 Å². The number of benzene rings is 1. The first-order chi connectivity index (χ1) is 11.8. The lowest BCUT2D eigenvalue weighted by molar-refractivity contribution is -0.137. The monoisotopic (exact) mass is 394 g/mol. The summed E-state index contributed by atoms with van der Waals surface area (Å²) in [6, 6.07) is 4.74. The highest BCUT2D eigenvalue weighted by Crippen LogP contribution is 2.60. The predicted molar refractivity (Wildman–Crippen MR) is 91.2 cm³/mol. The number of hydrogen-bond acceptors (Lipinski definition) is 5. The third-order valence-electron chi connectivity index (χ3n) is 2.95. The summed E-state index contributed by atoms with van der Waals surface area (Å²) >= 11 is 1.08. The van der Waals surface area contributed by atoms with Gasteiger partial charge < -0.3 is 4.52 Å². The molecule has 1 atom stereocenters. The van der Waals surface area contributed by atoms with E-state index in [0.29, 0.717) is 5.75 Å². The van der Waals surface area contributed by atoms with Crippen molar-refractivity contribution in [3.8, 4) is 11.4 Å². The largest absolute Gasteiger partial charge is 0.440 e. The fourth-order valence-corrected chi connectivity index (χ4v) is 5.33. The summed E-state index contributed by atoms with van der Waals surface area (Å²) in [5.74, 6) is 0.761. The summed E-state index contributed by atoms with van der Waals surface area (Å²) in [6.45, 7) is 0.472. The molecule has 2 aromatic rings. The zero-order chi connectivity index (χ0) is 18.5. The highest BCUT2D eigenvalue weighted by molar-refractivity contribution is 8.55. The summed E-state index contributed by atoms with van der Waals surface area (Å²) < 4.78 is 62.9. The fraction of sp³-hybridized carbons (Fsp3) is 0.400. The third kappa shape index (κ3) is 5.52. The second kappa shape index (κ2) is 8.29. The maximum absolute atomic E-state index is 12.8. The standard InChI is InChI=1S/C15H18F3N2O3PS/c1-3-8-25-24(21,22-4-2)23-14-10-19-20(11-14)13-7-5-6-12(9-13)15(16,17)18/h5-7,9-11H,3-4,8H2,1-2H3. The van der Waals surface area contributed by atoms with Crippen LogP contribution in [0.5, 0.6) is 5.75 Å². The van der Waals surface area contributed by atoms with Crippen molar-refractivity contribution in [2.24, 2.45) is 0 Å². The maximum Gasteiger partial charge on any atom is 0.440 e. The van der Waals surface area contributed by atoms with E-state index >= 15 is 0 Å². The molecule has 0 aliphatic carbocycles. The van der Waals surface area contributed by atoms with E-state index in [1.807, 2.05) is 6.92 Å². The summed E-state index contributed by atoms with van der Waals surface area (Å²) in [4.78, 5) is 0. The Labute approximate surface area is 147 Å². The van der Waals surface area contributed by atoms with Crippen LogP contribution in [0.1, 0.15) is 25.8 Å². The molecular weight excluding hydrogens is 376 g/mol. The molecule has 5 nitrogen and oxygen atoms in total. The van der Waals surface area contributed by atoms with Crippen LogP contribution < -0.4 is 4.52 Å². The Morgan fingerprint density at radius 2 is 2.08 bits per heavy atom. The Morgan fingerprint density at radius 1 is 1.32 bits per heavy atom. The zero-order valence-corrected chi connectivity index (χ0v) is 15.4. The molecule has 0 aliphatic heterocycles. The summed E-state index contributed by atoms with van der Waals surface area (Å²) in [7, 11) is 0. The summed E-state index contributed by atoms with van der Waals surface area (Å²) in [5.41, 5.74) is -0.557. The minimum absolute atomic E-state index is 0.165. The fourth-order valence-electron chi connectivity index (χ4n) is 1.90. The lowest BCUT2D eigenvalue weighted by Crippen LogP contribution is -2.06. The smallest absolute Gasteiger partial charge is 0.414 e. The Hall–Kier alpha value is -1.44. The number of hydrogen-bond donors (Lipinski definition) is 0. The van der Waals surface area contributed by atoms with Crippen LogP contribution in [0, 0.1) is 0 Å². The number of nitrogens with zero attached hydrogens (tertiary/aromatic N) is 2. The first-order valence-corrected chi connectivity index (χ1v) is 10.7. The topological polar surface area (TPSA) is 53.4 Å². The molecule has 1 unspecified atom stereocenters. The number of halogens is 3. The van der Waals surface area contributed by atoms with Gasteiger partial charge in [0.15, 0.2) is 5.75 Å². The minimum Gasteiger partial charge on any atom is -0.414 e. The van der Waals surface area contributed by atoms with Crippen LogP contribution in [0.15, 0.2) is 36.7 Å². The maximum atomic E-state index is 12.8. The molecule has 0 spiro atoms. The molecule has 2 rings (SSSR count). The number of aromatic nitrogens is 2. The van der Waals surface area contributed by atoms with E-state index in [1.165, 1.54) is 29.2 Å². The van der Waals surface area contributed by atoms with Crippen molar-refractivity contribution in [3.63, 3.8) is 0 Å². The molecule has 138 valence electrons. The molecule has 0 saturated heterocycles. The highest BCUT2D eigenvalue weighted by atomic mass is 32.7. The quantitative estimate of drug-likeness (QED) is 0.549. The average molecular weight is 394 g/mol. The number of alkyl halides is 3. The molecule has 0 saturated carbocycles. The molecule has 0 radical (unpaired) electrons. The SMILES string of the molecule is CCCSP(=O)(OCC)Oc1cnn(-c2cccc(C(F)(F)F)c2)c1. The molecule has 0 N–H and O–H groups in total. The van der Waals surface area contributed by atoms with Gasteiger partial charge in [0.1, 0.15) is 0 Å². The molecule has 1 aromatic carbocycles. The Kier molecular flexibility index (Phi) is 6.59. The van der Waals surface area contributed by atoms with E-state index in [1.54, 1.807) is 6.92 Å². The van der Waals surface area contributed by atoms with Gasteiger partial charge in [0, 0.05) is 5.75 Å². The van der Waals surface area contributed by atoms with E-state index in [2.05, 4.69) is 5.10 Å². The van der Waals surface area contributed by atoms with Gasteiger partial charge in [0.2, 0.25) is 0 Å². The lowest BCUT2D eigenvalue weighted by atomic mass is 10.2. The van der Waals surface area contributed by atoms with Crippen molar-refractivity contribution < 1.29 is 26.8 Å². The second-order valence-corrected chi connectivity index (χ2v) is 9.08. The highest BCUT2D eigenvalue weighted by Gasteiger charge is 2.31.